The molecule has 1 amide bonds. The number of rotatable bonds is 7. The van der Waals surface area contributed by atoms with Crippen LogP contribution in [0, 0.1) is 11.3 Å². The first-order valence-corrected chi connectivity index (χ1v) is 11.9. The van der Waals surface area contributed by atoms with E-state index in [9.17, 15) is 9.59 Å². The van der Waals surface area contributed by atoms with Crippen LogP contribution in [0.5, 0.6) is 0 Å². The molecule has 1 saturated heterocycles. The van der Waals surface area contributed by atoms with Crippen molar-refractivity contribution in [2.75, 3.05) is 17.8 Å². The van der Waals surface area contributed by atoms with E-state index in [1.807, 2.05) is 47.4 Å². The number of aromatic nitrogens is 1. The van der Waals surface area contributed by atoms with Gasteiger partial charge in [-0.2, -0.15) is 0 Å². The topological polar surface area (TPSA) is 62.3 Å². The summed E-state index contributed by atoms with van der Waals surface area (Å²) in [5.74, 6) is 0.511. The molecule has 5 nitrogen and oxygen atoms in total. The number of nitrogens with one attached hydrogen (secondary N) is 1. The number of anilines is 1. The number of fused-ring (bicyclic) bond motifs is 1. The molecule has 1 N–H and O–H groups in total. The van der Waals surface area contributed by atoms with Gasteiger partial charge in [-0.25, -0.2) is 0 Å². The molecule has 1 aliphatic heterocycles. The molecular formula is C26H29N3O2S. The molecule has 0 aliphatic carbocycles. The normalized spacial score (nSPS) is 15.7. The Labute approximate surface area is 193 Å². The molecule has 0 bridgehead atoms. The molecule has 2 heterocycles. The minimum Gasteiger partial charge on any atom is -0.339 e. The molecule has 0 radical (unpaired) electrons. The lowest BCUT2D eigenvalue weighted by Crippen LogP contribution is -2.44. The van der Waals surface area contributed by atoms with Gasteiger partial charge in [-0.1, -0.05) is 32.0 Å². The number of benzene rings is 2. The molecule has 1 aliphatic rings. The highest BCUT2D eigenvalue weighted by Gasteiger charge is 2.36. The molecule has 0 atom stereocenters. The van der Waals surface area contributed by atoms with E-state index in [0.29, 0.717) is 24.6 Å². The number of nitrogens with zero attached hydrogens (tertiary/aromatic N) is 2. The van der Waals surface area contributed by atoms with Gasteiger partial charge in [0.1, 0.15) is 6.29 Å². The average Bonchev–Trinajstić information content (AvgIpc) is 2.82. The van der Waals surface area contributed by atoms with E-state index in [1.165, 1.54) is 11.9 Å². The van der Waals surface area contributed by atoms with E-state index in [2.05, 4.69) is 35.7 Å². The van der Waals surface area contributed by atoms with E-state index < -0.39 is 0 Å². The van der Waals surface area contributed by atoms with Gasteiger partial charge in [0.05, 0.1) is 10.4 Å². The molecule has 0 spiro atoms. The van der Waals surface area contributed by atoms with E-state index >= 15 is 0 Å². The van der Waals surface area contributed by atoms with Crippen molar-refractivity contribution in [1.82, 2.24) is 9.88 Å². The number of amides is 1. The lowest BCUT2D eigenvalue weighted by Gasteiger charge is -2.39. The predicted octanol–water partition coefficient (Wildman–Crippen LogP) is 5.82. The Morgan fingerprint density at radius 3 is 2.53 bits per heavy atom. The largest absolute Gasteiger partial charge is 0.339 e. The smallest absolute Gasteiger partial charge is 0.253 e. The first kappa shape index (κ1) is 22.3. The monoisotopic (exact) mass is 447 g/mol. The summed E-state index contributed by atoms with van der Waals surface area (Å²) in [5.41, 5.74) is 2.30. The minimum absolute atomic E-state index is 0.0338. The fourth-order valence-electron chi connectivity index (χ4n) is 4.47. The van der Waals surface area contributed by atoms with Crippen molar-refractivity contribution in [2.45, 2.75) is 38.0 Å². The first-order chi connectivity index (χ1) is 15.5. The van der Waals surface area contributed by atoms with Crippen LogP contribution in [0.3, 0.4) is 0 Å². The number of carbonyl (C=O) groups excluding carboxylic acids is 2. The molecule has 6 heteroatoms. The highest BCUT2D eigenvalue weighted by molar-refractivity contribution is 8.00. The van der Waals surface area contributed by atoms with E-state index in [1.54, 1.807) is 6.20 Å². The summed E-state index contributed by atoms with van der Waals surface area (Å²) in [4.78, 5) is 32.1. The van der Waals surface area contributed by atoms with Gasteiger partial charge in [0, 0.05) is 41.3 Å². The van der Waals surface area contributed by atoms with Crippen LogP contribution in [0.25, 0.3) is 10.9 Å². The van der Waals surface area contributed by atoms with Gasteiger partial charge < -0.3 is 14.4 Å². The Morgan fingerprint density at radius 1 is 1.12 bits per heavy atom. The van der Waals surface area contributed by atoms with Crippen molar-refractivity contribution in [3.05, 3.63) is 66.4 Å². The van der Waals surface area contributed by atoms with Crippen LogP contribution in [-0.4, -0.2) is 35.2 Å². The SMILES string of the molecule is CC(C)CC1(C=O)CCN(C(=O)c2ccc(NSc3cccc4cccnc34)cc2)CC1. The van der Waals surface area contributed by atoms with Gasteiger partial charge >= 0.3 is 0 Å². The zero-order valence-corrected chi connectivity index (χ0v) is 19.4. The van der Waals surface area contributed by atoms with Crippen LogP contribution in [0.2, 0.25) is 0 Å². The van der Waals surface area contributed by atoms with Crippen LogP contribution in [0.4, 0.5) is 5.69 Å². The van der Waals surface area contributed by atoms with Crippen LogP contribution in [-0.2, 0) is 4.79 Å². The van der Waals surface area contributed by atoms with E-state index in [0.717, 1.165) is 47.0 Å². The van der Waals surface area contributed by atoms with Gasteiger partial charge in [-0.3, -0.25) is 9.78 Å². The third kappa shape index (κ3) is 4.96. The molecule has 1 fully saturated rings. The second-order valence-electron chi connectivity index (χ2n) is 8.98. The Hall–Kier alpha value is -2.86. The zero-order valence-electron chi connectivity index (χ0n) is 18.6. The molecule has 2 aromatic carbocycles. The van der Waals surface area contributed by atoms with Crippen molar-refractivity contribution in [2.24, 2.45) is 11.3 Å². The van der Waals surface area contributed by atoms with Crippen molar-refractivity contribution in [3.8, 4) is 0 Å². The predicted molar refractivity (Wildman–Crippen MR) is 131 cm³/mol. The summed E-state index contributed by atoms with van der Waals surface area (Å²) in [7, 11) is 0. The lowest BCUT2D eigenvalue weighted by atomic mass is 9.74. The Kier molecular flexibility index (Phi) is 6.80. The number of carbonyl (C=O) groups is 2. The summed E-state index contributed by atoms with van der Waals surface area (Å²) in [6.07, 6.45) is 5.31. The molecule has 166 valence electrons. The summed E-state index contributed by atoms with van der Waals surface area (Å²) in [6, 6.07) is 17.7. The van der Waals surface area contributed by atoms with Crippen molar-refractivity contribution in [3.63, 3.8) is 0 Å². The molecular weight excluding hydrogens is 418 g/mol. The molecule has 0 saturated carbocycles. The maximum atomic E-state index is 13.0. The summed E-state index contributed by atoms with van der Waals surface area (Å²) < 4.78 is 3.35. The van der Waals surface area contributed by atoms with Crippen molar-refractivity contribution >= 4 is 40.7 Å². The quantitative estimate of drug-likeness (QED) is 0.365. The standard InChI is InChI=1S/C26H29N3O2S/c1-19(2)17-26(18-30)12-15-29(16-13-26)25(31)21-8-10-22(11-9-21)28-32-23-7-3-5-20-6-4-14-27-24(20)23/h3-11,14,18-19,28H,12-13,15-17H2,1-2H3. The molecule has 0 unspecified atom stereocenters. The summed E-state index contributed by atoms with van der Waals surface area (Å²) >= 11 is 1.51. The molecule has 4 rings (SSSR count). The maximum absolute atomic E-state index is 13.0. The third-order valence-electron chi connectivity index (χ3n) is 6.12. The van der Waals surface area contributed by atoms with Crippen molar-refractivity contribution in [1.29, 1.82) is 0 Å². The summed E-state index contributed by atoms with van der Waals surface area (Å²) in [5, 5.41) is 1.11. The Bertz CT molecular complexity index is 1080. The third-order valence-corrected chi connectivity index (χ3v) is 7.00. The number of para-hydroxylation sites is 1. The van der Waals surface area contributed by atoms with Gasteiger partial charge in [0.2, 0.25) is 0 Å². The maximum Gasteiger partial charge on any atom is 0.253 e. The fourth-order valence-corrected chi connectivity index (χ4v) is 5.25. The number of hydrogen-bond donors (Lipinski definition) is 1. The highest BCUT2D eigenvalue weighted by Crippen LogP contribution is 2.36. The molecule has 1 aromatic heterocycles. The number of aldehydes is 1. The van der Waals surface area contributed by atoms with Crippen LogP contribution < -0.4 is 4.72 Å². The fraction of sp³-hybridized carbons (Fsp3) is 0.346. The first-order valence-electron chi connectivity index (χ1n) is 11.1. The second-order valence-corrected chi connectivity index (χ2v) is 9.83. The number of pyridine rings is 1. The Balaban J connectivity index is 1.36. The number of hydrogen-bond acceptors (Lipinski definition) is 5. The molecule has 32 heavy (non-hydrogen) atoms. The van der Waals surface area contributed by atoms with Gasteiger partial charge in [0.15, 0.2) is 0 Å². The van der Waals surface area contributed by atoms with Crippen LogP contribution in [0.1, 0.15) is 43.5 Å². The Morgan fingerprint density at radius 2 is 1.84 bits per heavy atom. The van der Waals surface area contributed by atoms with Gasteiger partial charge in [-0.05, 0) is 73.5 Å². The van der Waals surface area contributed by atoms with E-state index in [4.69, 9.17) is 0 Å². The lowest BCUT2D eigenvalue weighted by molar-refractivity contribution is -0.119. The van der Waals surface area contributed by atoms with Crippen LogP contribution >= 0.6 is 11.9 Å². The van der Waals surface area contributed by atoms with E-state index in [-0.39, 0.29) is 11.3 Å². The van der Waals surface area contributed by atoms with Gasteiger partial charge in [-0.15, -0.1) is 0 Å². The highest BCUT2D eigenvalue weighted by atomic mass is 32.2. The second kappa shape index (κ2) is 9.74. The average molecular weight is 448 g/mol. The molecule has 3 aromatic rings. The van der Waals surface area contributed by atoms with Gasteiger partial charge in [0.25, 0.3) is 5.91 Å². The number of likely N-dealkylation sites (tertiary alicyclic amines) is 1. The minimum atomic E-state index is -0.271. The van der Waals surface area contributed by atoms with Crippen LogP contribution in [0.15, 0.2) is 65.7 Å². The zero-order chi connectivity index (χ0) is 22.6. The number of piperidine rings is 1. The summed E-state index contributed by atoms with van der Waals surface area (Å²) in [6.45, 7) is 5.56. The van der Waals surface area contributed by atoms with Crippen molar-refractivity contribution < 1.29 is 9.59 Å².